The lowest BCUT2D eigenvalue weighted by Gasteiger charge is -2.36. The second kappa shape index (κ2) is 8.74. The van der Waals surface area contributed by atoms with Gasteiger partial charge in [0.05, 0.1) is 12.2 Å². The third-order valence-corrected chi connectivity index (χ3v) is 3.23. The second-order valence-corrected chi connectivity index (χ2v) is 5.41. The Labute approximate surface area is 122 Å². The monoisotopic (exact) mass is 280 g/mol. The minimum Gasteiger partial charge on any atom is -0.368 e. The molecule has 114 valence electrons. The zero-order chi connectivity index (χ0) is 15.0. The molecule has 5 heteroatoms. The van der Waals surface area contributed by atoms with Crippen LogP contribution in [-0.4, -0.2) is 67.7 Å². The van der Waals surface area contributed by atoms with Gasteiger partial charge in [-0.3, -0.25) is 14.7 Å². The average molecular weight is 280 g/mol. The smallest absolute Gasteiger partial charge is 0.234 e. The third kappa shape index (κ3) is 5.74. The van der Waals surface area contributed by atoms with E-state index in [2.05, 4.69) is 33.1 Å². The quantitative estimate of drug-likeness (QED) is 0.742. The van der Waals surface area contributed by atoms with Crippen LogP contribution in [-0.2, 0) is 4.79 Å². The first-order chi connectivity index (χ1) is 9.56. The molecule has 0 atom stereocenters. The summed E-state index contributed by atoms with van der Waals surface area (Å²) < 4.78 is 0. The summed E-state index contributed by atoms with van der Waals surface area (Å²) in [5.41, 5.74) is 1.20. The van der Waals surface area contributed by atoms with E-state index in [1.165, 1.54) is 5.70 Å². The number of piperazine rings is 1. The van der Waals surface area contributed by atoms with Crippen LogP contribution in [0.1, 0.15) is 27.2 Å². The van der Waals surface area contributed by atoms with Crippen molar-refractivity contribution in [3.63, 3.8) is 0 Å². The number of amides is 1. The predicted molar refractivity (Wildman–Crippen MR) is 84.1 cm³/mol. The molecule has 1 aliphatic rings. The molecule has 0 unspecified atom stereocenters. The van der Waals surface area contributed by atoms with Crippen LogP contribution in [0.25, 0.3) is 0 Å². The van der Waals surface area contributed by atoms with Crippen LogP contribution in [0.4, 0.5) is 0 Å². The molecule has 1 saturated heterocycles. The lowest BCUT2D eigenvalue weighted by Crippen LogP contribution is -2.49. The van der Waals surface area contributed by atoms with Crippen molar-refractivity contribution >= 4 is 12.1 Å². The van der Waals surface area contributed by atoms with Crippen molar-refractivity contribution in [1.29, 1.82) is 0 Å². The fourth-order valence-corrected chi connectivity index (χ4v) is 2.34. The van der Waals surface area contributed by atoms with Crippen molar-refractivity contribution in [2.24, 2.45) is 4.99 Å². The number of carbonyl (C=O) groups is 1. The predicted octanol–water partition coefficient (Wildman–Crippen LogP) is 1.12. The summed E-state index contributed by atoms with van der Waals surface area (Å²) in [6.07, 6.45) is 5.14. The van der Waals surface area contributed by atoms with E-state index in [1.807, 2.05) is 20.1 Å². The Kier molecular flexibility index (Phi) is 7.30. The Bertz CT molecular complexity index is 355. The first-order valence-corrected chi connectivity index (χ1v) is 7.45. The Morgan fingerprint density at radius 2 is 1.95 bits per heavy atom. The molecule has 0 bridgehead atoms. The number of hydrogen-bond acceptors (Lipinski definition) is 4. The largest absolute Gasteiger partial charge is 0.368 e. The zero-order valence-electron chi connectivity index (χ0n) is 13.2. The molecule has 1 heterocycles. The summed E-state index contributed by atoms with van der Waals surface area (Å²) in [4.78, 5) is 20.4. The van der Waals surface area contributed by atoms with Crippen LogP contribution in [0.5, 0.6) is 0 Å². The number of aliphatic imine (C=N–C) groups is 1. The standard InChI is InChI=1S/C15H28N4O/c1-5-6-14(11-16-4)19-9-7-18(8-10-19)12-15(20)17-13(2)3/h6,11,13H,5,7-10,12H2,1-4H3,(H,17,20)/b14-6+,16-11-. The van der Waals surface area contributed by atoms with Crippen molar-refractivity contribution in [2.45, 2.75) is 33.2 Å². The first-order valence-electron chi connectivity index (χ1n) is 7.45. The van der Waals surface area contributed by atoms with E-state index in [9.17, 15) is 4.79 Å². The van der Waals surface area contributed by atoms with Gasteiger partial charge < -0.3 is 10.2 Å². The van der Waals surface area contributed by atoms with Gasteiger partial charge in [-0.05, 0) is 20.3 Å². The van der Waals surface area contributed by atoms with Crippen LogP contribution in [0.2, 0.25) is 0 Å². The van der Waals surface area contributed by atoms with Crippen molar-refractivity contribution in [3.8, 4) is 0 Å². The maximum absolute atomic E-state index is 11.7. The van der Waals surface area contributed by atoms with E-state index in [1.54, 1.807) is 7.05 Å². The lowest BCUT2D eigenvalue weighted by molar-refractivity contribution is -0.123. The maximum atomic E-state index is 11.7. The highest BCUT2D eigenvalue weighted by Gasteiger charge is 2.19. The van der Waals surface area contributed by atoms with Crippen LogP contribution >= 0.6 is 0 Å². The van der Waals surface area contributed by atoms with Gasteiger partial charge in [-0.2, -0.15) is 0 Å². The summed E-state index contributed by atoms with van der Waals surface area (Å²) in [6.45, 7) is 10.4. The number of carbonyl (C=O) groups excluding carboxylic acids is 1. The minimum atomic E-state index is 0.118. The topological polar surface area (TPSA) is 47.9 Å². The summed E-state index contributed by atoms with van der Waals surface area (Å²) in [5.74, 6) is 0.118. The van der Waals surface area contributed by atoms with Crippen molar-refractivity contribution in [3.05, 3.63) is 11.8 Å². The van der Waals surface area contributed by atoms with Gasteiger partial charge in [-0.25, -0.2) is 0 Å². The van der Waals surface area contributed by atoms with E-state index in [4.69, 9.17) is 0 Å². The van der Waals surface area contributed by atoms with Gasteiger partial charge >= 0.3 is 0 Å². The lowest BCUT2D eigenvalue weighted by atomic mass is 10.2. The highest BCUT2D eigenvalue weighted by Crippen LogP contribution is 2.09. The summed E-state index contributed by atoms with van der Waals surface area (Å²) in [5, 5.41) is 2.94. The SMILES string of the molecule is CC/C=C(\C=N/C)N1CCN(CC(=O)NC(C)C)CC1. The molecular weight excluding hydrogens is 252 g/mol. The molecule has 0 aromatic carbocycles. The highest BCUT2D eigenvalue weighted by atomic mass is 16.2. The van der Waals surface area contributed by atoms with Crippen molar-refractivity contribution < 1.29 is 4.79 Å². The summed E-state index contributed by atoms with van der Waals surface area (Å²) in [7, 11) is 1.80. The van der Waals surface area contributed by atoms with Crippen LogP contribution < -0.4 is 5.32 Å². The van der Waals surface area contributed by atoms with Gasteiger partial charge in [0.15, 0.2) is 0 Å². The number of rotatable bonds is 6. The fraction of sp³-hybridized carbons (Fsp3) is 0.733. The number of nitrogens with one attached hydrogen (secondary N) is 1. The molecule has 1 amide bonds. The number of hydrogen-bond donors (Lipinski definition) is 1. The molecule has 0 aliphatic carbocycles. The van der Waals surface area contributed by atoms with E-state index >= 15 is 0 Å². The molecule has 1 rings (SSSR count). The molecule has 0 saturated carbocycles. The third-order valence-electron chi connectivity index (χ3n) is 3.23. The first kappa shape index (κ1) is 16.7. The molecule has 0 radical (unpaired) electrons. The Hall–Kier alpha value is -1.36. The molecule has 1 fully saturated rings. The van der Waals surface area contributed by atoms with Crippen molar-refractivity contribution in [2.75, 3.05) is 39.8 Å². The molecule has 0 spiro atoms. The molecule has 5 nitrogen and oxygen atoms in total. The normalized spacial score (nSPS) is 18.1. The molecular formula is C15H28N4O. The van der Waals surface area contributed by atoms with Gasteiger partial charge in [0.1, 0.15) is 0 Å². The van der Waals surface area contributed by atoms with Crippen LogP contribution in [0, 0.1) is 0 Å². The minimum absolute atomic E-state index is 0.118. The second-order valence-electron chi connectivity index (χ2n) is 5.41. The molecule has 20 heavy (non-hydrogen) atoms. The van der Waals surface area contributed by atoms with E-state index in [0.717, 1.165) is 32.6 Å². The maximum Gasteiger partial charge on any atom is 0.234 e. The molecule has 0 aromatic rings. The van der Waals surface area contributed by atoms with Gasteiger partial charge in [0.25, 0.3) is 0 Å². The highest BCUT2D eigenvalue weighted by molar-refractivity contribution is 5.78. The molecule has 0 aromatic heterocycles. The molecule has 1 N–H and O–H groups in total. The van der Waals surface area contributed by atoms with Crippen LogP contribution in [0.3, 0.4) is 0 Å². The molecule has 1 aliphatic heterocycles. The van der Waals surface area contributed by atoms with Gasteiger partial charge in [0, 0.05) is 45.5 Å². The van der Waals surface area contributed by atoms with Gasteiger partial charge in [0.2, 0.25) is 5.91 Å². The average Bonchev–Trinajstić information content (AvgIpc) is 2.38. The zero-order valence-corrected chi connectivity index (χ0v) is 13.2. The summed E-state index contributed by atoms with van der Waals surface area (Å²) >= 11 is 0. The number of nitrogens with zero attached hydrogens (tertiary/aromatic N) is 3. The van der Waals surface area contributed by atoms with Gasteiger partial charge in [-0.1, -0.05) is 13.0 Å². The Balaban J connectivity index is 2.43. The summed E-state index contributed by atoms with van der Waals surface area (Å²) in [6, 6.07) is 0.212. The van der Waals surface area contributed by atoms with Crippen molar-refractivity contribution in [1.82, 2.24) is 15.1 Å². The van der Waals surface area contributed by atoms with E-state index < -0.39 is 0 Å². The van der Waals surface area contributed by atoms with E-state index in [0.29, 0.717) is 6.54 Å². The fourth-order valence-electron chi connectivity index (χ4n) is 2.34. The van der Waals surface area contributed by atoms with E-state index in [-0.39, 0.29) is 11.9 Å². The van der Waals surface area contributed by atoms with Crippen LogP contribution in [0.15, 0.2) is 16.8 Å². The Morgan fingerprint density at radius 3 is 2.45 bits per heavy atom. The number of allylic oxidation sites excluding steroid dienone is 2. The van der Waals surface area contributed by atoms with Gasteiger partial charge in [-0.15, -0.1) is 0 Å². The Morgan fingerprint density at radius 1 is 1.30 bits per heavy atom.